The highest BCUT2D eigenvalue weighted by Crippen LogP contribution is 2.33. The lowest BCUT2D eigenvalue weighted by Gasteiger charge is -2.20. The maximum Gasteiger partial charge on any atom is 0.414 e. The molecule has 18 heavy (non-hydrogen) atoms. The molecule has 1 saturated heterocycles. The number of methoxy groups -OCH3 is 1. The Morgan fingerprint density at radius 3 is 2.78 bits per heavy atom. The Balaban J connectivity index is 2.44. The molecule has 1 aromatic rings. The lowest BCUT2D eigenvalue weighted by molar-refractivity contribution is 0.0696. The van der Waals surface area contributed by atoms with Crippen LogP contribution >= 0.6 is 0 Å². The average molecular weight is 251 g/mol. The van der Waals surface area contributed by atoms with Gasteiger partial charge >= 0.3 is 12.1 Å². The van der Waals surface area contributed by atoms with E-state index >= 15 is 0 Å². The maximum absolute atomic E-state index is 11.6. The van der Waals surface area contributed by atoms with E-state index in [0.717, 1.165) is 0 Å². The topological polar surface area (TPSA) is 76.1 Å². The van der Waals surface area contributed by atoms with Gasteiger partial charge in [-0.15, -0.1) is 0 Å². The van der Waals surface area contributed by atoms with E-state index in [4.69, 9.17) is 14.6 Å². The minimum absolute atomic E-state index is 0.107. The number of benzene rings is 1. The Morgan fingerprint density at radius 1 is 1.56 bits per heavy atom. The summed E-state index contributed by atoms with van der Waals surface area (Å²) < 4.78 is 10.1. The van der Waals surface area contributed by atoms with E-state index in [2.05, 4.69) is 0 Å². The highest BCUT2D eigenvalue weighted by atomic mass is 16.6. The second-order valence-corrected chi connectivity index (χ2v) is 3.99. The number of cyclic esters (lactones) is 1. The fourth-order valence-electron chi connectivity index (χ4n) is 1.86. The van der Waals surface area contributed by atoms with Crippen molar-refractivity contribution in [2.24, 2.45) is 0 Å². The van der Waals surface area contributed by atoms with Crippen LogP contribution in [0.5, 0.6) is 5.75 Å². The van der Waals surface area contributed by atoms with Gasteiger partial charge in [-0.1, -0.05) is 0 Å². The molecule has 96 valence electrons. The Labute approximate surface area is 104 Å². The van der Waals surface area contributed by atoms with Crippen LogP contribution in [0.2, 0.25) is 0 Å². The predicted molar refractivity (Wildman–Crippen MR) is 63.2 cm³/mol. The third-order valence-electron chi connectivity index (χ3n) is 2.77. The summed E-state index contributed by atoms with van der Waals surface area (Å²) in [6.45, 7) is 2.15. The molecule has 1 N–H and O–H groups in total. The van der Waals surface area contributed by atoms with Crippen LogP contribution in [0.3, 0.4) is 0 Å². The Kier molecular flexibility index (Phi) is 3.10. The first-order valence-electron chi connectivity index (χ1n) is 5.42. The van der Waals surface area contributed by atoms with E-state index in [-0.39, 0.29) is 11.6 Å². The molecule has 0 aliphatic carbocycles. The van der Waals surface area contributed by atoms with Gasteiger partial charge in [0.1, 0.15) is 12.4 Å². The quantitative estimate of drug-likeness (QED) is 0.885. The lowest BCUT2D eigenvalue weighted by atomic mass is 10.1. The third kappa shape index (κ3) is 1.97. The van der Waals surface area contributed by atoms with Gasteiger partial charge in [-0.05, 0) is 25.1 Å². The molecular weight excluding hydrogens is 238 g/mol. The summed E-state index contributed by atoms with van der Waals surface area (Å²) in [4.78, 5) is 23.9. The fourth-order valence-corrected chi connectivity index (χ4v) is 1.86. The number of nitrogens with zero attached hydrogens (tertiary/aromatic N) is 1. The highest BCUT2D eigenvalue weighted by molar-refractivity contribution is 5.94. The first-order valence-corrected chi connectivity index (χ1v) is 5.42. The molecular formula is C12H13NO5. The number of hydrogen-bond donors (Lipinski definition) is 1. The third-order valence-corrected chi connectivity index (χ3v) is 2.77. The number of carbonyl (C=O) groups excluding carboxylic acids is 1. The number of carbonyl (C=O) groups is 2. The maximum atomic E-state index is 11.6. The smallest absolute Gasteiger partial charge is 0.414 e. The van der Waals surface area contributed by atoms with Crippen molar-refractivity contribution in [3.05, 3.63) is 23.8 Å². The zero-order chi connectivity index (χ0) is 13.3. The molecule has 1 amide bonds. The normalized spacial score (nSPS) is 18.7. The largest absolute Gasteiger partial charge is 0.495 e. The molecule has 6 nitrogen and oxygen atoms in total. The monoisotopic (exact) mass is 251 g/mol. The molecule has 0 bridgehead atoms. The average Bonchev–Trinajstić information content (AvgIpc) is 2.68. The van der Waals surface area contributed by atoms with Crippen LogP contribution in [0.15, 0.2) is 18.2 Å². The van der Waals surface area contributed by atoms with Gasteiger partial charge in [0.05, 0.1) is 24.4 Å². The number of amides is 1. The van der Waals surface area contributed by atoms with Crippen LogP contribution in [-0.2, 0) is 4.74 Å². The number of hydrogen-bond acceptors (Lipinski definition) is 4. The predicted octanol–water partition coefficient (Wildman–Crippen LogP) is 1.74. The number of anilines is 1. The molecule has 1 fully saturated rings. The first-order chi connectivity index (χ1) is 8.54. The van der Waals surface area contributed by atoms with E-state index in [9.17, 15) is 9.59 Å². The molecule has 6 heteroatoms. The molecule has 1 aliphatic heterocycles. The highest BCUT2D eigenvalue weighted by Gasteiger charge is 2.33. The molecule has 1 atom stereocenters. The molecule has 2 rings (SSSR count). The SMILES string of the molecule is COc1cc(C(=O)O)ccc1N1C(=O)OC[C@H]1C. The molecule has 0 unspecified atom stereocenters. The molecule has 0 aromatic heterocycles. The number of carboxylic acid groups (broad SMARTS) is 1. The van der Waals surface area contributed by atoms with Gasteiger partial charge in [0.15, 0.2) is 0 Å². The minimum Gasteiger partial charge on any atom is -0.495 e. The van der Waals surface area contributed by atoms with Gasteiger partial charge in [0.25, 0.3) is 0 Å². The summed E-state index contributed by atoms with van der Waals surface area (Å²) in [5.74, 6) is -0.711. The van der Waals surface area contributed by atoms with Gasteiger partial charge in [-0.25, -0.2) is 9.59 Å². The van der Waals surface area contributed by atoms with E-state index < -0.39 is 12.1 Å². The van der Waals surface area contributed by atoms with E-state index in [1.54, 1.807) is 6.07 Å². The van der Waals surface area contributed by atoms with Crippen LogP contribution in [0.1, 0.15) is 17.3 Å². The molecule has 1 heterocycles. The van der Waals surface area contributed by atoms with Crippen molar-refractivity contribution in [2.45, 2.75) is 13.0 Å². The number of rotatable bonds is 3. The molecule has 1 aliphatic rings. The summed E-state index contributed by atoms with van der Waals surface area (Å²) in [5.41, 5.74) is 0.619. The molecule has 0 spiro atoms. The van der Waals surface area contributed by atoms with E-state index in [0.29, 0.717) is 18.0 Å². The Bertz CT molecular complexity index is 499. The van der Waals surface area contributed by atoms with Gasteiger partial charge in [-0.2, -0.15) is 0 Å². The Morgan fingerprint density at radius 2 is 2.28 bits per heavy atom. The second kappa shape index (κ2) is 4.56. The minimum atomic E-state index is -1.04. The van der Waals surface area contributed by atoms with Gasteiger partial charge in [0, 0.05) is 0 Å². The second-order valence-electron chi connectivity index (χ2n) is 3.99. The van der Waals surface area contributed by atoms with Crippen molar-refractivity contribution >= 4 is 17.7 Å². The molecule has 0 radical (unpaired) electrons. The summed E-state index contributed by atoms with van der Waals surface area (Å²) in [7, 11) is 1.43. The van der Waals surface area contributed by atoms with E-state index in [1.165, 1.54) is 24.1 Å². The zero-order valence-electron chi connectivity index (χ0n) is 10.0. The van der Waals surface area contributed by atoms with Gasteiger partial charge < -0.3 is 14.6 Å². The van der Waals surface area contributed by atoms with Crippen LogP contribution in [-0.4, -0.2) is 36.9 Å². The van der Waals surface area contributed by atoms with Crippen LogP contribution in [0.25, 0.3) is 0 Å². The molecule has 0 saturated carbocycles. The number of aromatic carboxylic acids is 1. The summed E-state index contributed by atoms with van der Waals surface area (Å²) >= 11 is 0. The zero-order valence-corrected chi connectivity index (χ0v) is 10.0. The van der Waals surface area contributed by atoms with Crippen molar-refractivity contribution in [1.29, 1.82) is 0 Å². The van der Waals surface area contributed by atoms with Crippen LogP contribution in [0, 0.1) is 0 Å². The first kappa shape index (κ1) is 12.2. The lowest BCUT2D eigenvalue weighted by Crippen LogP contribution is -2.31. The number of carboxylic acids is 1. The van der Waals surface area contributed by atoms with E-state index in [1.807, 2.05) is 6.92 Å². The van der Waals surface area contributed by atoms with Crippen molar-refractivity contribution in [1.82, 2.24) is 0 Å². The van der Waals surface area contributed by atoms with Crippen molar-refractivity contribution in [3.63, 3.8) is 0 Å². The summed E-state index contributed by atoms with van der Waals surface area (Å²) in [5, 5.41) is 8.90. The van der Waals surface area contributed by atoms with Gasteiger partial charge in [-0.3, -0.25) is 4.90 Å². The van der Waals surface area contributed by atoms with Gasteiger partial charge in [0.2, 0.25) is 0 Å². The fraction of sp³-hybridized carbons (Fsp3) is 0.333. The summed E-state index contributed by atoms with van der Waals surface area (Å²) in [6, 6.07) is 4.25. The van der Waals surface area contributed by atoms with Crippen molar-refractivity contribution in [3.8, 4) is 5.75 Å². The van der Waals surface area contributed by atoms with Crippen molar-refractivity contribution in [2.75, 3.05) is 18.6 Å². The van der Waals surface area contributed by atoms with Crippen molar-refractivity contribution < 1.29 is 24.2 Å². The number of ether oxygens (including phenoxy) is 2. The van der Waals surface area contributed by atoms with Crippen LogP contribution < -0.4 is 9.64 Å². The van der Waals surface area contributed by atoms with Crippen LogP contribution in [0.4, 0.5) is 10.5 Å². The Hall–Kier alpha value is -2.24. The standard InChI is InChI=1S/C12H13NO5/c1-7-6-18-12(16)13(7)9-4-3-8(11(14)15)5-10(9)17-2/h3-5,7H,6H2,1-2H3,(H,14,15)/t7-/m1/s1. The summed E-state index contributed by atoms with van der Waals surface area (Å²) in [6.07, 6.45) is -0.455. The molecule has 1 aromatic carbocycles.